The highest BCUT2D eigenvalue weighted by Gasteiger charge is 2.06. The summed E-state index contributed by atoms with van der Waals surface area (Å²) in [6, 6.07) is 1.91. The van der Waals surface area contributed by atoms with Crippen molar-refractivity contribution < 1.29 is 5.11 Å². The molecular weight excluding hydrogens is 198 g/mol. The van der Waals surface area contributed by atoms with E-state index in [0.29, 0.717) is 6.54 Å². The van der Waals surface area contributed by atoms with Crippen molar-refractivity contribution in [3.8, 4) is 0 Å². The molecule has 0 radical (unpaired) electrons. The van der Waals surface area contributed by atoms with Gasteiger partial charge in [-0.05, 0) is 13.2 Å². The van der Waals surface area contributed by atoms with E-state index in [1.54, 1.807) is 25.0 Å². The third-order valence-corrected chi connectivity index (χ3v) is 2.41. The topological polar surface area (TPSA) is 49.2 Å². The Hall–Kier alpha value is -0.810. The first kappa shape index (κ1) is 11.3. The Morgan fingerprint density at radius 2 is 2.29 bits per heavy atom. The summed E-state index contributed by atoms with van der Waals surface area (Å²) in [6.07, 6.45) is 3.16. The predicted molar refractivity (Wildman–Crippen MR) is 58.8 cm³/mol. The Morgan fingerprint density at radius 1 is 1.57 bits per heavy atom. The minimum absolute atomic E-state index is 0.354. The number of likely N-dealkylation sites (N-methyl/N-ethyl adjacent to an activating group) is 1. The number of rotatable bonds is 4. The lowest BCUT2D eigenvalue weighted by Gasteiger charge is -2.19. The van der Waals surface area contributed by atoms with Gasteiger partial charge in [0.1, 0.15) is 17.2 Å². The molecule has 0 aliphatic carbocycles. The number of hydrogen-bond donors (Lipinski definition) is 1. The molecule has 78 valence electrons. The van der Waals surface area contributed by atoms with E-state index in [0.717, 1.165) is 10.8 Å². The Morgan fingerprint density at radius 3 is 2.86 bits per heavy atom. The van der Waals surface area contributed by atoms with Crippen LogP contribution in [0, 0.1) is 0 Å². The van der Waals surface area contributed by atoms with Crippen LogP contribution in [0.2, 0.25) is 0 Å². The van der Waals surface area contributed by atoms with E-state index in [1.165, 1.54) is 0 Å². The van der Waals surface area contributed by atoms with Gasteiger partial charge >= 0.3 is 0 Å². The molecule has 1 rings (SSSR count). The number of aliphatic hydroxyl groups excluding tert-OH is 1. The van der Waals surface area contributed by atoms with E-state index in [2.05, 4.69) is 9.97 Å². The highest BCUT2D eigenvalue weighted by Crippen LogP contribution is 2.16. The summed E-state index contributed by atoms with van der Waals surface area (Å²) in [4.78, 5) is 10.1. The lowest BCUT2D eigenvalue weighted by atomic mass is 10.4. The molecule has 1 unspecified atom stereocenters. The van der Waals surface area contributed by atoms with E-state index < -0.39 is 0 Å². The van der Waals surface area contributed by atoms with Gasteiger partial charge in [0.15, 0.2) is 0 Å². The Balaban J connectivity index is 2.73. The third-order valence-electron chi connectivity index (χ3n) is 1.77. The molecule has 1 aromatic rings. The van der Waals surface area contributed by atoms with Crippen molar-refractivity contribution in [2.24, 2.45) is 0 Å². The van der Waals surface area contributed by atoms with Crippen molar-refractivity contribution in [1.82, 2.24) is 9.97 Å². The van der Waals surface area contributed by atoms with Gasteiger partial charge in [0.2, 0.25) is 0 Å². The van der Waals surface area contributed by atoms with Gasteiger partial charge in [0.05, 0.1) is 6.10 Å². The molecular formula is C9H15N3OS. The Bertz CT molecular complexity index is 293. The zero-order chi connectivity index (χ0) is 10.6. The molecule has 0 saturated carbocycles. The van der Waals surface area contributed by atoms with Crippen molar-refractivity contribution in [2.45, 2.75) is 18.1 Å². The summed E-state index contributed by atoms with van der Waals surface area (Å²) >= 11 is 1.58. The van der Waals surface area contributed by atoms with Crippen molar-refractivity contribution in [1.29, 1.82) is 0 Å². The van der Waals surface area contributed by atoms with E-state index >= 15 is 0 Å². The molecule has 14 heavy (non-hydrogen) atoms. The Kier molecular flexibility index (Phi) is 4.16. The second-order valence-electron chi connectivity index (χ2n) is 3.15. The normalized spacial score (nSPS) is 12.6. The summed E-state index contributed by atoms with van der Waals surface area (Å²) in [7, 11) is 1.90. The lowest BCUT2D eigenvalue weighted by molar-refractivity contribution is 0.201. The van der Waals surface area contributed by atoms with Gasteiger partial charge < -0.3 is 10.0 Å². The van der Waals surface area contributed by atoms with Crippen molar-refractivity contribution in [2.75, 3.05) is 24.7 Å². The van der Waals surface area contributed by atoms with Gasteiger partial charge in [-0.25, -0.2) is 9.97 Å². The van der Waals surface area contributed by atoms with Gasteiger partial charge in [0, 0.05) is 19.7 Å². The maximum Gasteiger partial charge on any atom is 0.132 e. The maximum absolute atomic E-state index is 9.22. The highest BCUT2D eigenvalue weighted by atomic mass is 32.2. The number of aromatic nitrogens is 2. The van der Waals surface area contributed by atoms with Crippen LogP contribution in [0.3, 0.4) is 0 Å². The van der Waals surface area contributed by atoms with Crippen LogP contribution < -0.4 is 4.90 Å². The van der Waals surface area contributed by atoms with Gasteiger partial charge in [-0.2, -0.15) is 0 Å². The average Bonchev–Trinajstić information content (AvgIpc) is 2.17. The standard InChI is InChI=1S/C9H15N3OS/c1-7(13)5-12(2)8-4-9(14-3)11-6-10-8/h4,6-7,13H,5H2,1-3H3. The van der Waals surface area contributed by atoms with Crippen LogP contribution in [0.1, 0.15) is 6.92 Å². The predicted octanol–water partition coefficient (Wildman–Crippen LogP) is 1.02. The largest absolute Gasteiger partial charge is 0.392 e. The summed E-state index contributed by atoms with van der Waals surface area (Å²) in [5.41, 5.74) is 0. The summed E-state index contributed by atoms with van der Waals surface area (Å²) < 4.78 is 0. The number of thioether (sulfide) groups is 1. The van der Waals surface area contributed by atoms with E-state index in [4.69, 9.17) is 0 Å². The maximum atomic E-state index is 9.22. The molecule has 0 spiro atoms. The molecule has 0 bridgehead atoms. The molecule has 1 atom stereocenters. The zero-order valence-corrected chi connectivity index (χ0v) is 9.45. The SMILES string of the molecule is CSc1cc(N(C)CC(C)O)ncn1. The molecule has 0 aliphatic rings. The molecule has 0 aliphatic heterocycles. The molecule has 1 N–H and O–H groups in total. The van der Waals surface area contributed by atoms with Crippen molar-refractivity contribution in [3.05, 3.63) is 12.4 Å². The van der Waals surface area contributed by atoms with E-state index in [1.807, 2.05) is 24.3 Å². The first-order chi connectivity index (χ1) is 6.63. The molecule has 4 nitrogen and oxygen atoms in total. The number of anilines is 1. The molecule has 1 heterocycles. The van der Waals surface area contributed by atoms with Crippen molar-refractivity contribution in [3.63, 3.8) is 0 Å². The van der Waals surface area contributed by atoms with Crippen LogP contribution >= 0.6 is 11.8 Å². The lowest BCUT2D eigenvalue weighted by Crippen LogP contribution is -2.27. The third kappa shape index (κ3) is 3.16. The molecule has 0 amide bonds. The van der Waals surface area contributed by atoms with Crippen LogP contribution in [-0.2, 0) is 0 Å². The van der Waals surface area contributed by atoms with E-state index in [-0.39, 0.29) is 6.10 Å². The van der Waals surface area contributed by atoms with Crippen LogP contribution in [0.4, 0.5) is 5.82 Å². The fourth-order valence-electron chi connectivity index (χ4n) is 1.14. The van der Waals surface area contributed by atoms with Crippen LogP contribution in [0.5, 0.6) is 0 Å². The number of hydrogen-bond acceptors (Lipinski definition) is 5. The first-order valence-electron chi connectivity index (χ1n) is 4.38. The van der Waals surface area contributed by atoms with Gasteiger partial charge in [-0.3, -0.25) is 0 Å². The zero-order valence-electron chi connectivity index (χ0n) is 8.64. The smallest absolute Gasteiger partial charge is 0.132 e. The van der Waals surface area contributed by atoms with E-state index in [9.17, 15) is 5.11 Å². The summed E-state index contributed by atoms with van der Waals surface area (Å²) in [5.74, 6) is 0.838. The molecule has 1 aromatic heterocycles. The Labute approximate surface area is 88.4 Å². The average molecular weight is 213 g/mol. The fourth-order valence-corrected chi connectivity index (χ4v) is 1.52. The monoisotopic (exact) mass is 213 g/mol. The van der Waals surface area contributed by atoms with Gasteiger partial charge in [-0.1, -0.05) is 0 Å². The van der Waals surface area contributed by atoms with Gasteiger partial charge in [0.25, 0.3) is 0 Å². The second kappa shape index (κ2) is 5.17. The number of aliphatic hydroxyl groups is 1. The molecule has 0 fully saturated rings. The van der Waals surface area contributed by atoms with Gasteiger partial charge in [-0.15, -0.1) is 11.8 Å². The van der Waals surface area contributed by atoms with Crippen molar-refractivity contribution >= 4 is 17.6 Å². The first-order valence-corrected chi connectivity index (χ1v) is 5.61. The minimum Gasteiger partial charge on any atom is -0.392 e. The highest BCUT2D eigenvalue weighted by molar-refractivity contribution is 7.98. The second-order valence-corrected chi connectivity index (χ2v) is 3.97. The quantitative estimate of drug-likeness (QED) is 0.597. The summed E-state index contributed by atoms with van der Waals surface area (Å²) in [5, 5.41) is 10.2. The summed E-state index contributed by atoms with van der Waals surface area (Å²) in [6.45, 7) is 2.33. The molecule has 0 aromatic carbocycles. The van der Waals surface area contributed by atoms with Crippen LogP contribution in [0.15, 0.2) is 17.4 Å². The van der Waals surface area contributed by atoms with Crippen LogP contribution in [0.25, 0.3) is 0 Å². The minimum atomic E-state index is -0.354. The fraction of sp³-hybridized carbons (Fsp3) is 0.556. The molecule has 5 heteroatoms. The van der Waals surface area contributed by atoms with Crippen LogP contribution in [-0.4, -0.2) is 41.0 Å². The molecule has 0 saturated heterocycles. The number of nitrogens with zero attached hydrogens (tertiary/aromatic N) is 3.